The highest BCUT2D eigenvalue weighted by atomic mass is 16.2. The maximum Gasteiger partial charge on any atom is 0.272 e. The third-order valence-electron chi connectivity index (χ3n) is 4.96. The number of aromatic nitrogens is 2. The monoisotopic (exact) mass is 348 g/mol. The van der Waals surface area contributed by atoms with Gasteiger partial charge >= 0.3 is 0 Å². The van der Waals surface area contributed by atoms with E-state index in [9.17, 15) is 9.59 Å². The fourth-order valence-corrected chi connectivity index (χ4v) is 3.57. The average Bonchev–Trinajstić information content (AvgIpc) is 2.94. The van der Waals surface area contributed by atoms with Gasteiger partial charge in [-0.3, -0.25) is 14.3 Å². The lowest BCUT2D eigenvalue weighted by Crippen LogP contribution is -2.58. The molecule has 140 valence electrons. The van der Waals surface area contributed by atoms with Crippen molar-refractivity contribution in [1.82, 2.24) is 19.6 Å². The molecule has 0 saturated carbocycles. The van der Waals surface area contributed by atoms with Crippen molar-refractivity contribution in [3.63, 3.8) is 0 Å². The number of carbonyl (C=O) groups is 2. The quantitative estimate of drug-likeness (QED) is 0.794. The summed E-state index contributed by atoms with van der Waals surface area (Å²) in [6.45, 7) is 14.1. The normalized spacial score (nSPS) is 18.6. The largest absolute Gasteiger partial charge is 0.339 e. The molecule has 2 heterocycles. The molecule has 6 heteroatoms. The van der Waals surface area contributed by atoms with Gasteiger partial charge in [-0.2, -0.15) is 5.10 Å². The molecule has 2 amide bonds. The summed E-state index contributed by atoms with van der Waals surface area (Å²) >= 11 is 0. The molecule has 1 aliphatic rings. The Labute approximate surface area is 151 Å². The van der Waals surface area contributed by atoms with Crippen molar-refractivity contribution in [2.45, 2.75) is 66.5 Å². The fraction of sp³-hybridized carbons (Fsp3) is 0.737. The van der Waals surface area contributed by atoms with Gasteiger partial charge in [-0.15, -0.1) is 0 Å². The molecule has 1 fully saturated rings. The van der Waals surface area contributed by atoms with Gasteiger partial charge in [0.25, 0.3) is 5.91 Å². The minimum atomic E-state index is -0.426. The Morgan fingerprint density at radius 2 is 1.92 bits per heavy atom. The number of hydrogen-bond donors (Lipinski definition) is 0. The van der Waals surface area contributed by atoms with Crippen molar-refractivity contribution in [1.29, 1.82) is 0 Å². The topological polar surface area (TPSA) is 58.4 Å². The number of piperazine rings is 1. The fourth-order valence-electron chi connectivity index (χ4n) is 3.57. The molecule has 0 bridgehead atoms. The van der Waals surface area contributed by atoms with E-state index < -0.39 is 6.04 Å². The lowest BCUT2D eigenvalue weighted by atomic mass is 10.1. The number of carbonyl (C=O) groups excluding carboxylic acids is 2. The van der Waals surface area contributed by atoms with E-state index in [-0.39, 0.29) is 17.9 Å². The first kappa shape index (κ1) is 19.5. The van der Waals surface area contributed by atoms with Gasteiger partial charge in [-0.1, -0.05) is 27.7 Å². The van der Waals surface area contributed by atoms with Gasteiger partial charge in [-0.25, -0.2) is 0 Å². The van der Waals surface area contributed by atoms with E-state index in [4.69, 9.17) is 0 Å². The van der Waals surface area contributed by atoms with E-state index in [1.165, 1.54) is 0 Å². The maximum atomic E-state index is 13.1. The van der Waals surface area contributed by atoms with E-state index in [0.717, 1.165) is 25.1 Å². The van der Waals surface area contributed by atoms with Gasteiger partial charge in [0, 0.05) is 19.6 Å². The van der Waals surface area contributed by atoms with E-state index in [2.05, 4.69) is 32.8 Å². The Morgan fingerprint density at radius 1 is 1.28 bits per heavy atom. The highest BCUT2D eigenvalue weighted by Crippen LogP contribution is 2.22. The Hall–Kier alpha value is -1.85. The molecular weight excluding hydrogens is 316 g/mol. The van der Waals surface area contributed by atoms with Crippen molar-refractivity contribution in [3.8, 4) is 0 Å². The molecule has 6 nitrogen and oxygen atoms in total. The van der Waals surface area contributed by atoms with Crippen LogP contribution in [0, 0.1) is 12.8 Å². The summed E-state index contributed by atoms with van der Waals surface area (Å²) in [7, 11) is 0. The number of aryl methyl sites for hydroxylation is 1. The Morgan fingerprint density at radius 3 is 2.48 bits per heavy atom. The van der Waals surface area contributed by atoms with E-state index in [0.29, 0.717) is 24.7 Å². The zero-order valence-corrected chi connectivity index (χ0v) is 16.5. The lowest BCUT2D eigenvalue weighted by molar-refractivity contribution is -0.140. The minimum absolute atomic E-state index is 0.0404. The Kier molecular flexibility index (Phi) is 6.25. The molecule has 1 saturated heterocycles. The van der Waals surface area contributed by atoms with Crippen LogP contribution in [0.1, 0.15) is 69.7 Å². The predicted molar refractivity (Wildman–Crippen MR) is 98.5 cm³/mol. The standard InChI is InChI=1S/C19H32N4O2/c1-7-16(8-2)23-17(11-14(5)20-23)19(25)22-10-9-21(12-13(3)4)18(24)15(22)6/h11,13,15-16H,7-10,12H2,1-6H3. The maximum absolute atomic E-state index is 13.1. The molecule has 25 heavy (non-hydrogen) atoms. The molecule has 0 aromatic carbocycles. The molecule has 1 aromatic heterocycles. The van der Waals surface area contributed by atoms with E-state index in [1.54, 1.807) is 4.90 Å². The second-order valence-corrected chi connectivity index (χ2v) is 7.44. The molecule has 1 atom stereocenters. The summed E-state index contributed by atoms with van der Waals surface area (Å²) in [6, 6.07) is 1.63. The second-order valence-electron chi connectivity index (χ2n) is 7.44. The summed E-state index contributed by atoms with van der Waals surface area (Å²) in [4.78, 5) is 29.4. The summed E-state index contributed by atoms with van der Waals surface area (Å²) < 4.78 is 1.86. The summed E-state index contributed by atoms with van der Waals surface area (Å²) in [6.07, 6.45) is 1.85. The zero-order chi connectivity index (χ0) is 18.7. The first-order chi connectivity index (χ1) is 11.8. The number of rotatable bonds is 6. The molecule has 0 aliphatic carbocycles. The van der Waals surface area contributed by atoms with Crippen molar-refractivity contribution in [2.75, 3.05) is 19.6 Å². The second kappa shape index (κ2) is 8.02. The molecule has 0 N–H and O–H groups in total. The molecular formula is C19H32N4O2. The van der Waals surface area contributed by atoms with Crippen LogP contribution in [-0.2, 0) is 4.79 Å². The molecule has 1 unspecified atom stereocenters. The summed E-state index contributed by atoms with van der Waals surface area (Å²) in [5, 5.41) is 4.54. The molecule has 1 aromatic rings. The van der Waals surface area contributed by atoms with Crippen LogP contribution >= 0.6 is 0 Å². The molecule has 0 spiro atoms. The predicted octanol–water partition coefficient (Wildman–Crippen LogP) is 2.88. The van der Waals surface area contributed by atoms with Gasteiger partial charge < -0.3 is 9.80 Å². The van der Waals surface area contributed by atoms with Crippen LogP contribution in [0.2, 0.25) is 0 Å². The van der Waals surface area contributed by atoms with Crippen molar-refractivity contribution < 1.29 is 9.59 Å². The first-order valence-electron chi connectivity index (χ1n) is 9.45. The van der Waals surface area contributed by atoms with Crippen molar-refractivity contribution >= 4 is 11.8 Å². The summed E-state index contributed by atoms with van der Waals surface area (Å²) in [5.41, 5.74) is 1.44. The van der Waals surface area contributed by atoms with Crippen LogP contribution in [0.5, 0.6) is 0 Å². The third-order valence-corrected chi connectivity index (χ3v) is 4.96. The number of nitrogens with zero attached hydrogens (tertiary/aromatic N) is 4. The van der Waals surface area contributed by atoms with Crippen LogP contribution in [0.15, 0.2) is 6.07 Å². The highest BCUT2D eigenvalue weighted by molar-refractivity contribution is 5.97. The number of amides is 2. The third kappa shape index (κ3) is 4.05. The van der Waals surface area contributed by atoms with E-state index in [1.807, 2.05) is 29.5 Å². The van der Waals surface area contributed by atoms with Crippen LogP contribution in [0.25, 0.3) is 0 Å². The van der Waals surface area contributed by atoms with Gasteiger partial charge in [0.2, 0.25) is 5.91 Å². The molecule has 1 aliphatic heterocycles. The van der Waals surface area contributed by atoms with Crippen molar-refractivity contribution in [3.05, 3.63) is 17.5 Å². The van der Waals surface area contributed by atoms with Crippen LogP contribution in [-0.4, -0.2) is 57.1 Å². The zero-order valence-electron chi connectivity index (χ0n) is 16.5. The Bertz CT molecular complexity index is 619. The van der Waals surface area contributed by atoms with Gasteiger partial charge in [0.1, 0.15) is 11.7 Å². The van der Waals surface area contributed by atoms with Gasteiger partial charge in [-0.05, 0) is 38.7 Å². The average molecular weight is 348 g/mol. The summed E-state index contributed by atoms with van der Waals surface area (Å²) in [5.74, 6) is 0.383. The number of hydrogen-bond acceptors (Lipinski definition) is 3. The minimum Gasteiger partial charge on any atom is -0.339 e. The first-order valence-corrected chi connectivity index (χ1v) is 9.45. The van der Waals surface area contributed by atoms with Crippen LogP contribution < -0.4 is 0 Å². The van der Waals surface area contributed by atoms with E-state index >= 15 is 0 Å². The Balaban J connectivity index is 2.23. The molecule has 2 rings (SSSR count). The van der Waals surface area contributed by atoms with Crippen LogP contribution in [0.3, 0.4) is 0 Å². The van der Waals surface area contributed by atoms with Crippen molar-refractivity contribution in [2.24, 2.45) is 5.92 Å². The van der Waals surface area contributed by atoms with Gasteiger partial charge in [0.05, 0.1) is 11.7 Å². The SMILES string of the molecule is CCC(CC)n1nc(C)cc1C(=O)N1CCN(CC(C)C)C(=O)C1C. The van der Waals surface area contributed by atoms with Gasteiger partial charge in [0.15, 0.2) is 0 Å². The lowest BCUT2D eigenvalue weighted by Gasteiger charge is -2.39. The highest BCUT2D eigenvalue weighted by Gasteiger charge is 2.36. The van der Waals surface area contributed by atoms with Crippen LogP contribution in [0.4, 0.5) is 0 Å². The smallest absolute Gasteiger partial charge is 0.272 e. The molecule has 0 radical (unpaired) electrons.